The van der Waals surface area contributed by atoms with Crippen molar-refractivity contribution in [3.8, 4) is 17.2 Å². The Morgan fingerprint density at radius 1 is 0.657 bits per heavy atom. The Bertz CT molecular complexity index is 1190. The number of methoxy groups -OCH3 is 2. The van der Waals surface area contributed by atoms with E-state index in [-0.39, 0.29) is 5.57 Å². The van der Waals surface area contributed by atoms with Gasteiger partial charge in [0.25, 0.3) is 11.8 Å². The van der Waals surface area contributed by atoms with Crippen molar-refractivity contribution in [3.05, 3.63) is 83.9 Å². The molecule has 1 heterocycles. The Hall–Kier alpha value is -4.59. The Morgan fingerprint density at radius 3 is 1.49 bits per heavy atom. The largest absolute Gasteiger partial charge is 0.497 e. The van der Waals surface area contributed by atoms with Gasteiger partial charge in [0, 0.05) is 0 Å². The Balaban J connectivity index is 1.80. The number of rotatable bonds is 7. The van der Waals surface area contributed by atoms with Crippen LogP contribution in [0.5, 0.6) is 17.2 Å². The van der Waals surface area contributed by atoms with Crippen LogP contribution >= 0.6 is 0 Å². The summed E-state index contributed by atoms with van der Waals surface area (Å²) in [7, 11) is 3.04. The fourth-order valence-electron chi connectivity index (χ4n) is 3.64. The maximum Gasteiger partial charge on any atom is 0.343 e. The van der Waals surface area contributed by atoms with Crippen LogP contribution < -0.4 is 24.0 Å². The number of hydrogen-bond donors (Lipinski definition) is 0. The lowest BCUT2D eigenvalue weighted by atomic mass is 10.0. The third-order valence-corrected chi connectivity index (χ3v) is 5.41. The first-order valence-corrected chi connectivity index (χ1v) is 10.9. The molecule has 0 saturated carbocycles. The molecule has 0 aliphatic carbocycles. The summed E-state index contributed by atoms with van der Waals surface area (Å²) in [5, 5.41) is 0. The summed E-state index contributed by atoms with van der Waals surface area (Å²) in [4.78, 5) is 42.4. The van der Waals surface area contributed by atoms with Gasteiger partial charge in [-0.15, -0.1) is 0 Å². The van der Waals surface area contributed by atoms with Gasteiger partial charge in [-0.3, -0.25) is 9.59 Å². The standard InChI is InChI=1S/C27H24N2O6/c1-4-35-23-11-5-18(6-12-23)17-24-25(30)28(19-7-13-21(33-2)14-8-19)27(32)29(26(24)31)20-9-15-22(34-3)16-10-20/h5-17H,4H2,1-3H3. The molecular formula is C27H24N2O6. The molecule has 0 aromatic heterocycles. The van der Waals surface area contributed by atoms with Crippen molar-refractivity contribution < 1.29 is 28.6 Å². The minimum Gasteiger partial charge on any atom is -0.497 e. The van der Waals surface area contributed by atoms with Crippen molar-refractivity contribution in [2.45, 2.75) is 6.92 Å². The number of amides is 4. The van der Waals surface area contributed by atoms with Crippen molar-refractivity contribution in [1.29, 1.82) is 0 Å². The van der Waals surface area contributed by atoms with Crippen LogP contribution in [-0.4, -0.2) is 38.7 Å². The zero-order valence-corrected chi connectivity index (χ0v) is 19.6. The van der Waals surface area contributed by atoms with Gasteiger partial charge in [-0.25, -0.2) is 14.6 Å². The molecule has 1 aliphatic rings. The van der Waals surface area contributed by atoms with Gasteiger partial charge in [-0.2, -0.15) is 0 Å². The number of benzene rings is 3. The first kappa shape index (κ1) is 23.6. The van der Waals surface area contributed by atoms with Gasteiger partial charge in [0.15, 0.2) is 0 Å². The molecule has 3 aromatic carbocycles. The Labute approximate surface area is 202 Å². The van der Waals surface area contributed by atoms with E-state index < -0.39 is 17.8 Å². The van der Waals surface area contributed by atoms with Gasteiger partial charge in [0.2, 0.25) is 0 Å². The summed E-state index contributed by atoms with van der Waals surface area (Å²) < 4.78 is 15.8. The molecule has 0 atom stereocenters. The van der Waals surface area contributed by atoms with Crippen LogP contribution in [0.1, 0.15) is 12.5 Å². The minimum atomic E-state index is -0.779. The number of nitrogens with zero attached hydrogens (tertiary/aromatic N) is 2. The molecule has 1 aliphatic heterocycles. The van der Waals surface area contributed by atoms with Gasteiger partial charge >= 0.3 is 6.03 Å². The minimum absolute atomic E-state index is 0.152. The number of ether oxygens (including phenoxy) is 3. The predicted molar refractivity (Wildman–Crippen MR) is 132 cm³/mol. The monoisotopic (exact) mass is 472 g/mol. The number of urea groups is 1. The highest BCUT2D eigenvalue weighted by atomic mass is 16.5. The number of barbiturate groups is 1. The number of anilines is 2. The molecule has 35 heavy (non-hydrogen) atoms. The highest BCUT2D eigenvalue weighted by Gasteiger charge is 2.43. The van der Waals surface area contributed by atoms with Gasteiger partial charge in [-0.05, 0) is 79.2 Å². The van der Waals surface area contributed by atoms with Crippen LogP contribution in [0.25, 0.3) is 6.08 Å². The predicted octanol–water partition coefficient (Wildman–Crippen LogP) is 4.69. The third-order valence-electron chi connectivity index (χ3n) is 5.41. The van der Waals surface area contributed by atoms with Crippen molar-refractivity contribution in [1.82, 2.24) is 0 Å². The number of carbonyl (C=O) groups excluding carboxylic acids is 3. The molecule has 0 spiro atoms. The molecule has 8 nitrogen and oxygen atoms in total. The van der Waals surface area contributed by atoms with Crippen molar-refractivity contribution in [3.63, 3.8) is 0 Å². The van der Waals surface area contributed by atoms with Crippen molar-refractivity contribution >= 4 is 35.3 Å². The van der Waals surface area contributed by atoms with Crippen molar-refractivity contribution in [2.24, 2.45) is 0 Å². The number of carbonyl (C=O) groups is 3. The zero-order valence-electron chi connectivity index (χ0n) is 19.6. The van der Waals surface area contributed by atoms with Gasteiger partial charge in [0.05, 0.1) is 32.2 Å². The quantitative estimate of drug-likeness (QED) is 0.367. The van der Waals surface area contributed by atoms with E-state index in [0.717, 1.165) is 9.80 Å². The Morgan fingerprint density at radius 2 is 1.09 bits per heavy atom. The summed E-state index contributed by atoms with van der Waals surface area (Å²) in [6.07, 6.45) is 1.47. The van der Waals surface area contributed by atoms with E-state index in [1.54, 1.807) is 72.8 Å². The molecule has 1 fully saturated rings. The maximum absolute atomic E-state index is 13.5. The van der Waals surface area contributed by atoms with Gasteiger partial charge in [0.1, 0.15) is 22.8 Å². The zero-order chi connectivity index (χ0) is 24.9. The SMILES string of the molecule is CCOc1ccc(C=C2C(=O)N(c3ccc(OC)cc3)C(=O)N(c3ccc(OC)cc3)C2=O)cc1. The molecule has 0 unspecified atom stereocenters. The van der Waals surface area contributed by atoms with E-state index in [1.807, 2.05) is 6.92 Å². The van der Waals surface area contributed by atoms with Gasteiger partial charge < -0.3 is 14.2 Å². The first-order chi connectivity index (χ1) is 17.0. The molecule has 3 aromatic rings. The molecule has 0 N–H and O–H groups in total. The fraction of sp³-hybridized carbons (Fsp3) is 0.148. The first-order valence-electron chi connectivity index (χ1n) is 10.9. The summed E-state index contributed by atoms with van der Waals surface area (Å²) in [6.45, 7) is 2.40. The lowest BCUT2D eigenvalue weighted by Gasteiger charge is -2.34. The van der Waals surface area contributed by atoms with Crippen molar-refractivity contribution in [2.75, 3.05) is 30.6 Å². The second kappa shape index (κ2) is 10.1. The second-order valence-electron chi connectivity index (χ2n) is 7.52. The molecule has 4 amide bonds. The molecule has 4 rings (SSSR count). The summed E-state index contributed by atoms with van der Waals surface area (Å²) in [6, 6.07) is 19.1. The highest BCUT2D eigenvalue weighted by molar-refractivity contribution is 6.46. The lowest BCUT2D eigenvalue weighted by molar-refractivity contribution is -0.121. The highest BCUT2D eigenvalue weighted by Crippen LogP contribution is 2.31. The molecule has 0 bridgehead atoms. The number of hydrogen-bond acceptors (Lipinski definition) is 6. The van der Waals surface area contributed by atoms with E-state index in [2.05, 4.69) is 0 Å². The van der Waals surface area contributed by atoms with E-state index in [0.29, 0.717) is 40.8 Å². The topological polar surface area (TPSA) is 85.4 Å². The second-order valence-corrected chi connectivity index (χ2v) is 7.52. The smallest absolute Gasteiger partial charge is 0.343 e. The average molecular weight is 472 g/mol. The molecule has 0 radical (unpaired) electrons. The van der Waals surface area contributed by atoms with Crippen LogP contribution in [0.2, 0.25) is 0 Å². The molecule has 178 valence electrons. The fourth-order valence-corrected chi connectivity index (χ4v) is 3.64. The van der Waals surface area contributed by atoms with E-state index in [4.69, 9.17) is 14.2 Å². The lowest BCUT2D eigenvalue weighted by Crippen LogP contribution is -2.57. The van der Waals surface area contributed by atoms with E-state index in [1.165, 1.54) is 20.3 Å². The van der Waals surface area contributed by atoms with E-state index in [9.17, 15) is 14.4 Å². The number of imide groups is 2. The summed E-state index contributed by atoms with van der Waals surface area (Å²) in [5.41, 5.74) is 1.08. The molecule has 1 saturated heterocycles. The van der Waals surface area contributed by atoms with Crippen LogP contribution in [0.4, 0.5) is 16.2 Å². The Kier molecular flexibility index (Phi) is 6.82. The molecule has 8 heteroatoms. The van der Waals surface area contributed by atoms with Crippen LogP contribution in [0, 0.1) is 0 Å². The average Bonchev–Trinajstić information content (AvgIpc) is 2.88. The summed E-state index contributed by atoms with van der Waals surface area (Å²) >= 11 is 0. The summed E-state index contributed by atoms with van der Waals surface area (Å²) in [5.74, 6) is 0.372. The van der Waals surface area contributed by atoms with Crippen LogP contribution in [-0.2, 0) is 9.59 Å². The normalized spacial score (nSPS) is 13.7. The van der Waals surface area contributed by atoms with Gasteiger partial charge in [-0.1, -0.05) is 12.1 Å². The van der Waals surface area contributed by atoms with E-state index >= 15 is 0 Å². The van der Waals surface area contributed by atoms with Crippen LogP contribution in [0.15, 0.2) is 78.4 Å². The maximum atomic E-state index is 13.5. The molecular weight excluding hydrogens is 448 g/mol. The van der Waals surface area contributed by atoms with Crippen LogP contribution in [0.3, 0.4) is 0 Å². The third kappa shape index (κ3) is 4.72.